The molecule has 0 unspecified atom stereocenters. The van der Waals surface area contributed by atoms with E-state index in [0.717, 1.165) is 44.1 Å². The number of benzene rings is 1. The molecule has 0 spiro atoms. The van der Waals surface area contributed by atoms with E-state index in [1.807, 2.05) is 0 Å². The van der Waals surface area contributed by atoms with Crippen molar-refractivity contribution in [3.05, 3.63) is 29.3 Å². The second kappa shape index (κ2) is 5.33. The minimum atomic E-state index is -3.32. The molecule has 5 nitrogen and oxygen atoms in total. The monoisotopic (exact) mass is 309 g/mol. The summed E-state index contributed by atoms with van der Waals surface area (Å²) in [6, 6.07) is 4.74. The van der Waals surface area contributed by atoms with E-state index in [-0.39, 0.29) is 10.8 Å². The Morgan fingerprint density at radius 1 is 1.19 bits per heavy atom. The van der Waals surface area contributed by atoms with E-state index >= 15 is 0 Å². The van der Waals surface area contributed by atoms with E-state index in [9.17, 15) is 13.2 Å². The van der Waals surface area contributed by atoms with Crippen LogP contribution < -0.4 is 4.31 Å². The number of nitrogens with zero attached hydrogens (tertiary/aromatic N) is 1. The summed E-state index contributed by atoms with van der Waals surface area (Å²) in [5.74, 6) is -0.978. The fourth-order valence-corrected chi connectivity index (χ4v) is 5.45. The van der Waals surface area contributed by atoms with Crippen LogP contribution in [-0.2, 0) is 16.4 Å². The molecule has 1 aromatic rings. The number of fused-ring (bicyclic) bond motifs is 1. The van der Waals surface area contributed by atoms with Crippen molar-refractivity contribution in [3.8, 4) is 0 Å². The molecule has 3 rings (SSSR count). The Morgan fingerprint density at radius 2 is 1.90 bits per heavy atom. The van der Waals surface area contributed by atoms with Gasteiger partial charge in [0.25, 0.3) is 0 Å². The van der Waals surface area contributed by atoms with Crippen LogP contribution in [0.15, 0.2) is 18.2 Å². The number of carbonyl (C=O) groups is 1. The van der Waals surface area contributed by atoms with E-state index < -0.39 is 16.0 Å². The molecule has 1 aliphatic carbocycles. The van der Waals surface area contributed by atoms with Crippen molar-refractivity contribution in [1.29, 1.82) is 0 Å². The molecule has 0 saturated heterocycles. The molecule has 1 saturated carbocycles. The predicted molar refractivity (Wildman–Crippen MR) is 80.2 cm³/mol. The van der Waals surface area contributed by atoms with E-state index in [4.69, 9.17) is 5.11 Å². The molecule has 114 valence electrons. The van der Waals surface area contributed by atoms with Crippen molar-refractivity contribution >= 4 is 21.7 Å². The normalized spacial score (nSPS) is 19.5. The molecular weight excluding hydrogens is 290 g/mol. The molecule has 0 atom stereocenters. The van der Waals surface area contributed by atoms with Crippen molar-refractivity contribution in [2.75, 3.05) is 10.8 Å². The number of aryl methyl sites for hydroxylation is 1. The SMILES string of the molecule is O=C(O)c1ccc2c(c1)CCCN2S(=O)(=O)C1CCCC1. The third-order valence-electron chi connectivity index (χ3n) is 4.43. The Hall–Kier alpha value is -1.56. The van der Waals surface area contributed by atoms with Crippen LogP contribution in [0.1, 0.15) is 48.0 Å². The van der Waals surface area contributed by atoms with E-state index in [1.165, 1.54) is 10.4 Å². The van der Waals surface area contributed by atoms with Crippen LogP contribution in [0.4, 0.5) is 5.69 Å². The van der Waals surface area contributed by atoms with Crippen molar-refractivity contribution in [3.63, 3.8) is 0 Å². The van der Waals surface area contributed by atoms with Crippen molar-refractivity contribution in [2.45, 2.75) is 43.8 Å². The molecular formula is C15H19NO4S. The zero-order valence-electron chi connectivity index (χ0n) is 11.8. The van der Waals surface area contributed by atoms with Crippen LogP contribution in [-0.4, -0.2) is 31.3 Å². The standard InChI is InChI=1S/C15H19NO4S/c17-15(18)12-7-8-14-11(10-12)4-3-9-16(14)21(19,20)13-5-1-2-6-13/h7-8,10,13H,1-6,9H2,(H,17,18). The highest BCUT2D eigenvalue weighted by Crippen LogP contribution is 2.35. The van der Waals surface area contributed by atoms with Crippen LogP contribution in [0.25, 0.3) is 0 Å². The molecule has 0 radical (unpaired) electrons. The summed E-state index contributed by atoms with van der Waals surface area (Å²) in [6.45, 7) is 0.498. The molecule has 1 aliphatic heterocycles. The second-order valence-electron chi connectivity index (χ2n) is 5.78. The molecule has 0 amide bonds. The van der Waals surface area contributed by atoms with Crippen molar-refractivity contribution in [2.24, 2.45) is 0 Å². The Morgan fingerprint density at radius 3 is 2.57 bits per heavy atom. The number of anilines is 1. The smallest absolute Gasteiger partial charge is 0.335 e. The number of aromatic carboxylic acids is 1. The summed E-state index contributed by atoms with van der Waals surface area (Å²) in [5.41, 5.74) is 1.70. The number of hydrogen-bond acceptors (Lipinski definition) is 3. The van der Waals surface area contributed by atoms with Gasteiger partial charge >= 0.3 is 5.97 Å². The van der Waals surface area contributed by atoms with Crippen LogP contribution in [0.5, 0.6) is 0 Å². The first-order valence-corrected chi connectivity index (χ1v) is 8.88. The fraction of sp³-hybridized carbons (Fsp3) is 0.533. The van der Waals surface area contributed by atoms with E-state index in [2.05, 4.69) is 0 Å². The van der Waals surface area contributed by atoms with Gasteiger partial charge in [-0.25, -0.2) is 13.2 Å². The largest absolute Gasteiger partial charge is 0.478 e. The quantitative estimate of drug-likeness (QED) is 0.930. The Bertz CT molecular complexity index is 662. The zero-order chi connectivity index (χ0) is 15.0. The molecule has 2 aliphatic rings. The van der Waals surface area contributed by atoms with Gasteiger partial charge in [-0.15, -0.1) is 0 Å². The van der Waals surface area contributed by atoms with Crippen LogP contribution in [0, 0.1) is 0 Å². The highest BCUT2D eigenvalue weighted by Gasteiger charge is 2.36. The first-order chi connectivity index (χ1) is 10.00. The van der Waals surface area contributed by atoms with Gasteiger partial charge in [-0.2, -0.15) is 0 Å². The van der Waals surface area contributed by atoms with Crippen molar-refractivity contribution < 1.29 is 18.3 Å². The minimum absolute atomic E-state index is 0.217. The maximum Gasteiger partial charge on any atom is 0.335 e. The van der Waals surface area contributed by atoms with Crippen molar-refractivity contribution in [1.82, 2.24) is 0 Å². The van der Waals surface area contributed by atoms with Gasteiger partial charge in [-0.1, -0.05) is 12.8 Å². The molecule has 1 fully saturated rings. The average molecular weight is 309 g/mol. The summed E-state index contributed by atoms with van der Waals surface area (Å²) in [5, 5.41) is 8.78. The average Bonchev–Trinajstić information content (AvgIpc) is 3.00. The third-order valence-corrected chi connectivity index (χ3v) is 6.74. The number of sulfonamides is 1. The van der Waals surface area contributed by atoms with Gasteiger partial charge in [0.15, 0.2) is 0 Å². The predicted octanol–water partition coefficient (Wildman–Crippen LogP) is 2.41. The minimum Gasteiger partial charge on any atom is -0.478 e. The third kappa shape index (κ3) is 2.52. The first-order valence-electron chi connectivity index (χ1n) is 7.38. The van der Waals surface area contributed by atoms with Gasteiger partial charge < -0.3 is 5.11 Å². The summed E-state index contributed by atoms with van der Waals surface area (Å²) >= 11 is 0. The zero-order valence-corrected chi connectivity index (χ0v) is 12.6. The summed E-state index contributed by atoms with van der Waals surface area (Å²) < 4.78 is 27.1. The Kier molecular flexibility index (Phi) is 3.65. The van der Waals surface area contributed by atoms with E-state index in [0.29, 0.717) is 12.2 Å². The summed E-state index contributed by atoms with van der Waals surface area (Å²) in [4.78, 5) is 11.0. The Labute approximate surface area is 124 Å². The highest BCUT2D eigenvalue weighted by molar-refractivity contribution is 7.93. The van der Waals surface area contributed by atoms with Crippen LogP contribution in [0.3, 0.4) is 0 Å². The number of carboxylic acid groups (broad SMARTS) is 1. The van der Waals surface area contributed by atoms with Gasteiger partial charge in [0, 0.05) is 6.54 Å². The molecule has 0 bridgehead atoms. The molecule has 6 heteroatoms. The lowest BCUT2D eigenvalue weighted by molar-refractivity contribution is 0.0697. The summed E-state index contributed by atoms with van der Waals surface area (Å²) in [6.07, 6.45) is 4.89. The fourth-order valence-electron chi connectivity index (χ4n) is 3.33. The van der Waals surface area contributed by atoms with Gasteiger partial charge in [0.2, 0.25) is 10.0 Å². The number of hydrogen-bond donors (Lipinski definition) is 1. The topological polar surface area (TPSA) is 74.7 Å². The van der Waals surface area contributed by atoms with Gasteiger partial charge in [-0.3, -0.25) is 4.31 Å². The molecule has 1 heterocycles. The Balaban J connectivity index is 1.98. The maximum absolute atomic E-state index is 12.8. The molecule has 1 aromatic carbocycles. The number of rotatable bonds is 3. The first kappa shape index (κ1) is 14.4. The lowest BCUT2D eigenvalue weighted by Crippen LogP contribution is -2.41. The number of carboxylic acids is 1. The lowest BCUT2D eigenvalue weighted by Gasteiger charge is -2.32. The van der Waals surface area contributed by atoms with E-state index in [1.54, 1.807) is 12.1 Å². The second-order valence-corrected chi connectivity index (χ2v) is 7.91. The van der Waals surface area contributed by atoms with Gasteiger partial charge in [-0.05, 0) is 49.4 Å². The maximum atomic E-state index is 12.8. The highest BCUT2D eigenvalue weighted by atomic mass is 32.2. The van der Waals surface area contributed by atoms with Gasteiger partial charge in [0.05, 0.1) is 16.5 Å². The molecule has 0 aromatic heterocycles. The molecule has 1 N–H and O–H groups in total. The molecule has 21 heavy (non-hydrogen) atoms. The summed E-state index contributed by atoms with van der Waals surface area (Å²) in [7, 11) is -3.32. The van der Waals surface area contributed by atoms with Crippen LogP contribution in [0.2, 0.25) is 0 Å². The van der Waals surface area contributed by atoms with Gasteiger partial charge in [0.1, 0.15) is 0 Å². The lowest BCUT2D eigenvalue weighted by atomic mass is 10.0. The van der Waals surface area contributed by atoms with Crippen LogP contribution >= 0.6 is 0 Å².